The zero-order valence-electron chi connectivity index (χ0n) is 7.72. The van der Waals surface area contributed by atoms with Crippen LogP contribution in [0.1, 0.15) is 13.8 Å². The molecule has 1 aliphatic rings. The molecule has 1 heteroatoms. The second-order valence-electron chi connectivity index (χ2n) is 2.87. The molecule has 0 radical (unpaired) electrons. The van der Waals surface area contributed by atoms with Crippen LogP contribution in [0.5, 0.6) is 0 Å². The van der Waals surface area contributed by atoms with Crippen LogP contribution in [0.15, 0.2) is 47.7 Å². The molecule has 0 fully saturated rings. The Morgan fingerprint density at radius 3 is 2.67 bits per heavy atom. The molecule has 64 valence electrons. The lowest BCUT2D eigenvalue weighted by atomic mass is 10.1. The van der Waals surface area contributed by atoms with Gasteiger partial charge in [-0.2, -0.15) is 0 Å². The molecule has 0 unspecified atom stereocenters. The molecule has 0 aromatic heterocycles. The fourth-order valence-electron chi connectivity index (χ4n) is 1.13. The minimum Gasteiger partial charge on any atom is -0.381 e. The summed E-state index contributed by atoms with van der Waals surface area (Å²) in [4.78, 5) is 0. The van der Waals surface area contributed by atoms with Gasteiger partial charge in [-0.3, -0.25) is 0 Å². The summed E-state index contributed by atoms with van der Waals surface area (Å²) in [5.41, 5.74) is 3.66. The zero-order valence-corrected chi connectivity index (χ0v) is 7.72. The number of hydrogen-bond acceptors (Lipinski definition) is 1. The van der Waals surface area contributed by atoms with E-state index in [1.807, 2.05) is 19.1 Å². The molecule has 0 spiro atoms. The second kappa shape index (κ2) is 3.96. The van der Waals surface area contributed by atoms with Gasteiger partial charge in [-0.05, 0) is 25.0 Å². The zero-order chi connectivity index (χ0) is 8.97. The van der Waals surface area contributed by atoms with E-state index in [1.165, 1.54) is 11.1 Å². The average Bonchev–Trinajstić information content (AvgIpc) is 2.36. The minimum atomic E-state index is 0.915. The molecule has 0 saturated heterocycles. The summed E-state index contributed by atoms with van der Waals surface area (Å²) in [6, 6.07) is 0. The van der Waals surface area contributed by atoms with E-state index in [0.717, 1.165) is 12.2 Å². The largest absolute Gasteiger partial charge is 0.381 e. The van der Waals surface area contributed by atoms with Gasteiger partial charge in [0, 0.05) is 12.2 Å². The molecule has 1 heterocycles. The summed E-state index contributed by atoms with van der Waals surface area (Å²) in [5, 5.41) is 3.20. The van der Waals surface area contributed by atoms with Gasteiger partial charge in [0.25, 0.3) is 0 Å². The van der Waals surface area contributed by atoms with Gasteiger partial charge in [-0.15, -0.1) is 0 Å². The van der Waals surface area contributed by atoms with E-state index >= 15 is 0 Å². The second-order valence-corrected chi connectivity index (χ2v) is 2.87. The SMILES string of the molecule is C=C1NCC(/C=C\C=C/C)=C1C. The van der Waals surface area contributed by atoms with Gasteiger partial charge in [-0.1, -0.05) is 30.9 Å². The van der Waals surface area contributed by atoms with Crippen molar-refractivity contribution in [2.75, 3.05) is 6.54 Å². The topological polar surface area (TPSA) is 12.0 Å². The Bertz CT molecular complexity index is 267. The normalized spacial score (nSPS) is 18.3. The van der Waals surface area contributed by atoms with E-state index in [1.54, 1.807) is 0 Å². The molecule has 0 saturated carbocycles. The molecule has 0 aromatic carbocycles. The van der Waals surface area contributed by atoms with Gasteiger partial charge < -0.3 is 5.32 Å². The molecular formula is C11H15N. The van der Waals surface area contributed by atoms with Crippen molar-refractivity contribution in [2.45, 2.75) is 13.8 Å². The molecule has 1 aliphatic heterocycles. The summed E-state index contributed by atoms with van der Waals surface area (Å²) in [6.45, 7) is 8.91. The standard InChI is InChI=1S/C11H15N/c1-4-5-6-7-11-8-12-10(3)9(11)2/h4-7,12H,3,8H2,1-2H3/b5-4-,7-6-. The molecule has 1 nitrogen and oxygen atoms in total. The van der Waals surface area contributed by atoms with Crippen molar-refractivity contribution >= 4 is 0 Å². The number of hydrogen-bond donors (Lipinski definition) is 1. The highest BCUT2D eigenvalue weighted by atomic mass is 14.9. The average molecular weight is 161 g/mol. The van der Waals surface area contributed by atoms with Crippen LogP contribution in [0.4, 0.5) is 0 Å². The van der Waals surface area contributed by atoms with Crippen LogP contribution < -0.4 is 5.32 Å². The predicted molar refractivity (Wildman–Crippen MR) is 53.8 cm³/mol. The van der Waals surface area contributed by atoms with Gasteiger partial charge in [-0.25, -0.2) is 0 Å². The first-order valence-corrected chi connectivity index (χ1v) is 4.18. The Labute approximate surface area is 74.2 Å². The molecule has 0 aromatic rings. The van der Waals surface area contributed by atoms with Crippen LogP contribution >= 0.6 is 0 Å². The highest BCUT2D eigenvalue weighted by Crippen LogP contribution is 2.17. The van der Waals surface area contributed by atoms with Crippen molar-refractivity contribution in [1.29, 1.82) is 0 Å². The van der Waals surface area contributed by atoms with E-state index < -0.39 is 0 Å². The van der Waals surface area contributed by atoms with E-state index in [4.69, 9.17) is 0 Å². The quantitative estimate of drug-likeness (QED) is 0.614. The van der Waals surface area contributed by atoms with Crippen molar-refractivity contribution in [3.63, 3.8) is 0 Å². The van der Waals surface area contributed by atoms with Crippen molar-refractivity contribution in [3.05, 3.63) is 47.7 Å². The molecule has 1 N–H and O–H groups in total. The third-order valence-corrected chi connectivity index (χ3v) is 2.03. The van der Waals surface area contributed by atoms with Crippen LogP contribution in [0.3, 0.4) is 0 Å². The van der Waals surface area contributed by atoms with Gasteiger partial charge in [0.2, 0.25) is 0 Å². The highest BCUT2D eigenvalue weighted by molar-refractivity contribution is 5.43. The predicted octanol–water partition coefficient (Wildman–Crippen LogP) is 2.55. The van der Waals surface area contributed by atoms with Crippen molar-refractivity contribution in [2.24, 2.45) is 0 Å². The van der Waals surface area contributed by atoms with Crippen LogP contribution in [0, 0.1) is 0 Å². The van der Waals surface area contributed by atoms with Crippen LogP contribution in [-0.4, -0.2) is 6.54 Å². The monoisotopic (exact) mass is 161 g/mol. The Kier molecular flexibility index (Phi) is 2.92. The van der Waals surface area contributed by atoms with Gasteiger partial charge in [0.15, 0.2) is 0 Å². The third kappa shape index (κ3) is 1.88. The number of allylic oxidation sites excluding steroid dienone is 4. The lowest BCUT2D eigenvalue weighted by molar-refractivity contribution is 0.964. The van der Waals surface area contributed by atoms with Gasteiger partial charge >= 0.3 is 0 Å². The summed E-state index contributed by atoms with van der Waals surface area (Å²) in [5.74, 6) is 0. The van der Waals surface area contributed by atoms with Gasteiger partial charge in [0.1, 0.15) is 0 Å². The van der Waals surface area contributed by atoms with Crippen molar-refractivity contribution in [3.8, 4) is 0 Å². The first-order chi connectivity index (χ1) is 5.75. The maximum atomic E-state index is 3.89. The van der Waals surface area contributed by atoms with Crippen molar-refractivity contribution < 1.29 is 0 Å². The van der Waals surface area contributed by atoms with Crippen LogP contribution in [0.2, 0.25) is 0 Å². The first-order valence-electron chi connectivity index (χ1n) is 4.18. The summed E-state index contributed by atoms with van der Waals surface area (Å²) < 4.78 is 0. The first kappa shape index (κ1) is 8.85. The van der Waals surface area contributed by atoms with E-state index in [2.05, 4.69) is 31.0 Å². The van der Waals surface area contributed by atoms with E-state index in [9.17, 15) is 0 Å². The van der Waals surface area contributed by atoms with E-state index in [0.29, 0.717) is 0 Å². The summed E-state index contributed by atoms with van der Waals surface area (Å²) in [6.07, 6.45) is 8.23. The molecule has 0 amide bonds. The minimum absolute atomic E-state index is 0.915. The summed E-state index contributed by atoms with van der Waals surface area (Å²) >= 11 is 0. The number of nitrogens with one attached hydrogen (secondary N) is 1. The third-order valence-electron chi connectivity index (χ3n) is 2.03. The Balaban J connectivity index is 2.70. The Hall–Kier alpha value is -1.24. The Morgan fingerprint density at radius 2 is 2.17 bits per heavy atom. The summed E-state index contributed by atoms with van der Waals surface area (Å²) in [7, 11) is 0. The highest BCUT2D eigenvalue weighted by Gasteiger charge is 2.09. The molecule has 1 rings (SSSR count). The molecular weight excluding hydrogens is 146 g/mol. The maximum Gasteiger partial charge on any atom is 0.0404 e. The Morgan fingerprint density at radius 1 is 1.42 bits per heavy atom. The molecule has 12 heavy (non-hydrogen) atoms. The fraction of sp³-hybridized carbons (Fsp3) is 0.273. The van der Waals surface area contributed by atoms with E-state index in [-0.39, 0.29) is 0 Å². The molecule has 0 aliphatic carbocycles. The molecule has 0 atom stereocenters. The van der Waals surface area contributed by atoms with Crippen molar-refractivity contribution in [1.82, 2.24) is 5.32 Å². The smallest absolute Gasteiger partial charge is 0.0404 e. The van der Waals surface area contributed by atoms with Crippen LogP contribution in [0.25, 0.3) is 0 Å². The number of rotatable bonds is 2. The maximum absolute atomic E-state index is 3.89. The van der Waals surface area contributed by atoms with Gasteiger partial charge in [0.05, 0.1) is 0 Å². The molecule has 0 bridgehead atoms. The van der Waals surface area contributed by atoms with Crippen LogP contribution in [-0.2, 0) is 0 Å². The lowest BCUT2D eigenvalue weighted by Crippen LogP contribution is -2.05. The fourth-order valence-corrected chi connectivity index (χ4v) is 1.13. The lowest BCUT2D eigenvalue weighted by Gasteiger charge is -1.93.